The maximum atomic E-state index is 12.4. The lowest BCUT2D eigenvalue weighted by Gasteiger charge is -2.34. The Morgan fingerprint density at radius 1 is 1.07 bits per heavy atom. The molecule has 0 spiro atoms. The number of piperazine rings is 1. The van der Waals surface area contributed by atoms with Gasteiger partial charge in [-0.1, -0.05) is 25.3 Å². The van der Waals surface area contributed by atoms with Crippen LogP contribution in [0.1, 0.15) is 50.6 Å². The van der Waals surface area contributed by atoms with Crippen LogP contribution >= 0.6 is 0 Å². The SMILES string of the molecule is O=C(NCCCC(=O)N1CCN(Cc2ccccn2)CC1)NC1CCCCC1. The van der Waals surface area contributed by atoms with Crippen molar-refractivity contribution in [2.24, 2.45) is 0 Å². The van der Waals surface area contributed by atoms with Crippen molar-refractivity contribution in [2.75, 3.05) is 32.7 Å². The van der Waals surface area contributed by atoms with Gasteiger partial charge in [0.15, 0.2) is 0 Å². The maximum Gasteiger partial charge on any atom is 0.315 e. The molecule has 2 aliphatic rings. The van der Waals surface area contributed by atoms with Crippen LogP contribution in [0.2, 0.25) is 0 Å². The largest absolute Gasteiger partial charge is 0.340 e. The first-order valence-corrected chi connectivity index (χ1v) is 10.6. The number of hydrogen-bond donors (Lipinski definition) is 2. The van der Waals surface area contributed by atoms with Crippen molar-refractivity contribution in [3.8, 4) is 0 Å². The smallest absolute Gasteiger partial charge is 0.315 e. The Balaban J connectivity index is 1.26. The van der Waals surface area contributed by atoms with Gasteiger partial charge in [-0.15, -0.1) is 0 Å². The van der Waals surface area contributed by atoms with Gasteiger partial charge in [0.2, 0.25) is 5.91 Å². The lowest BCUT2D eigenvalue weighted by molar-refractivity contribution is -0.133. The van der Waals surface area contributed by atoms with Gasteiger partial charge in [0.05, 0.1) is 5.69 Å². The summed E-state index contributed by atoms with van der Waals surface area (Å²) in [6.07, 6.45) is 8.84. The number of amides is 3. The Kier molecular flexibility index (Phi) is 8.08. The van der Waals surface area contributed by atoms with Gasteiger partial charge in [0.1, 0.15) is 0 Å². The van der Waals surface area contributed by atoms with E-state index in [9.17, 15) is 9.59 Å². The number of pyridine rings is 1. The zero-order chi connectivity index (χ0) is 19.6. The van der Waals surface area contributed by atoms with Gasteiger partial charge in [0.25, 0.3) is 0 Å². The minimum Gasteiger partial charge on any atom is -0.340 e. The summed E-state index contributed by atoms with van der Waals surface area (Å²) in [4.78, 5) is 33.0. The predicted octanol–water partition coefficient (Wildman–Crippen LogP) is 2.14. The molecule has 0 atom stereocenters. The van der Waals surface area contributed by atoms with Crippen molar-refractivity contribution < 1.29 is 9.59 Å². The summed E-state index contributed by atoms with van der Waals surface area (Å²) in [5, 5.41) is 5.93. The van der Waals surface area contributed by atoms with E-state index < -0.39 is 0 Å². The highest BCUT2D eigenvalue weighted by Crippen LogP contribution is 2.17. The lowest BCUT2D eigenvalue weighted by atomic mass is 9.96. The fraction of sp³-hybridized carbons (Fsp3) is 0.667. The van der Waals surface area contributed by atoms with Crippen molar-refractivity contribution >= 4 is 11.9 Å². The molecule has 28 heavy (non-hydrogen) atoms. The number of urea groups is 1. The second-order valence-corrected chi connectivity index (χ2v) is 7.82. The topological polar surface area (TPSA) is 77.6 Å². The third kappa shape index (κ3) is 6.78. The summed E-state index contributed by atoms with van der Waals surface area (Å²) in [6.45, 7) is 4.67. The molecule has 1 saturated carbocycles. The predicted molar refractivity (Wildman–Crippen MR) is 109 cm³/mol. The Hall–Kier alpha value is -2.15. The van der Waals surface area contributed by atoms with Gasteiger partial charge >= 0.3 is 6.03 Å². The van der Waals surface area contributed by atoms with Gasteiger partial charge in [-0.25, -0.2) is 4.79 Å². The second kappa shape index (κ2) is 11.0. The van der Waals surface area contributed by atoms with Gasteiger partial charge in [-0.3, -0.25) is 14.7 Å². The molecule has 0 unspecified atom stereocenters. The number of hydrogen-bond acceptors (Lipinski definition) is 4. The van der Waals surface area contributed by atoms with E-state index in [1.807, 2.05) is 29.3 Å². The fourth-order valence-corrected chi connectivity index (χ4v) is 3.96. The second-order valence-electron chi connectivity index (χ2n) is 7.82. The van der Waals surface area contributed by atoms with Gasteiger partial charge in [-0.05, 0) is 31.4 Å². The van der Waals surface area contributed by atoms with Crippen molar-refractivity contribution in [1.82, 2.24) is 25.4 Å². The third-order valence-corrected chi connectivity index (χ3v) is 5.63. The normalized spacial score (nSPS) is 18.6. The molecular weight excluding hydrogens is 354 g/mol. The van der Waals surface area contributed by atoms with Crippen LogP contribution in [-0.2, 0) is 11.3 Å². The van der Waals surface area contributed by atoms with Crippen molar-refractivity contribution in [3.05, 3.63) is 30.1 Å². The molecule has 2 fully saturated rings. The van der Waals surface area contributed by atoms with Crippen LogP contribution < -0.4 is 10.6 Å². The van der Waals surface area contributed by atoms with Gasteiger partial charge < -0.3 is 15.5 Å². The number of carbonyl (C=O) groups excluding carboxylic acids is 2. The molecule has 2 N–H and O–H groups in total. The van der Waals surface area contributed by atoms with E-state index in [0.717, 1.165) is 51.3 Å². The van der Waals surface area contributed by atoms with Crippen LogP contribution in [0.3, 0.4) is 0 Å². The van der Waals surface area contributed by atoms with Crippen molar-refractivity contribution in [2.45, 2.75) is 57.5 Å². The molecule has 7 nitrogen and oxygen atoms in total. The minimum atomic E-state index is -0.0949. The quantitative estimate of drug-likeness (QED) is 0.703. The Morgan fingerprint density at radius 3 is 2.57 bits per heavy atom. The Bertz CT molecular complexity index is 610. The first kappa shape index (κ1) is 20.6. The van der Waals surface area contributed by atoms with E-state index in [-0.39, 0.29) is 11.9 Å². The summed E-state index contributed by atoms with van der Waals surface area (Å²) < 4.78 is 0. The van der Waals surface area contributed by atoms with E-state index in [4.69, 9.17) is 0 Å². The third-order valence-electron chi connectivity index (χ3n) is 5.63. The van der Waals surface area contributed by atoms with Gasteiger partial charge in [-0.2, -0.15) is 0 Å². The number of nitrogens with zero attached hydrogens (tertiary/aromatic N) is 3. The molecule has 1 aromatic heterocycles. The molecule has 0 bridgehead atoms. The average molecular weight is 388 g/mol. The Morgan fingerprint density at radius 2 is 1.86 bits per heavy atom. The minimum absolute atomic E-state index is 0.0949. The van der Waals surface area contributed by atoms with Crippen LogP contribution in [-0.4, -0.2) is 65.5 Å². The van der Waals surface area contributed by atoms with Crippen LogP contribution in [0, 0.1) is 0 Å². The van der Waals surface area contributed by atoms with E-state index in [0.29, 0.717) is 25.4 Å². The van der Waals surface area contributed by atoms with Crippen LogP contribution in [0.4, 0.5) is 4.79 Å². The summed E-state index contributed by atoms with van der Waals surface area (Å²) in [6, 6.07) is 6.19. The molecule has 3 rings (SSSR count). The Labute approximate surface area is 167 Å². The number of nitrogens with one attached hydrogen (secondary N) is 2. The molecule has 1 aliphatic carbocycles. The van der Waals surface area contributed by atoms with Crippen molar-refractivity contribution in [1.29, 1.82) is 0 Å². The molecule has 7 heteroatoms. The lowest BCUT2D eigenvalue weighted by Crippen LogP contribution is -2.48. The van der Waals surface area contributed by atoms with E-state index in [1.165, 1.54) is 19.3 Å². The van der Waals surface area contributed by atoms with Crippen LogP contribution in [0.5, 0.6) is 0 Å². The van der Waals surface area contributed by atoms with Crippen LogP contribution in [0.25, 0.3) is 0 Å². The molecule has 0 radical (unpaired) electrons. The standard InChI is InChI=1S/C21H33N5O2/c27-20(10-6-12-23-21(28)24-18-7-2-1-3-8-18)26-15-13-25(14-16-26)17-19-9-4-5-11-22-19/h4-5,9,11,18H,1-3,6-8,10,12-17H2,(H2,23,24,28). The summed E-state index contributed by atoms with van der Waals surface area (Å²) >= 11 is 0. The first-order valence-electron chi connectivity index (χ1n) is 10.6. The average Bonchev–Trinajstić information content (AvgIpc) is 2.73. The zero-order valence-electron chi connectivity index (χ0n) is 16.7. The first-order chi connectivity index (χ1) is 13.7. The van der Waals surface area contributed by atoms with Crippen LogP contribution in [0.15, 0.2) is 24.4 Å². The molecular formula is C21H33N5O2. The molecule has 3 amide bonds. The van der Waals surface area contributed by atoms with E-state index >= 15 is 0 Å². The number of rotatable bonds is 7. The molecule has 154 valence electrons. The number of aromatic nitrogens is 1. The monoisotopic (exact) mass is 387 g/mol. The zero-order valence-corrected chi connectivity index (χ0v) is 16.7. The number of carbonyl (C=O) groups is 2. The summed E-state index contributed by atoms with van der Waals surface area (Å²) in [7, 11) is 0. The van der Waals surface area contributed by atoms with E-state index in [1.54, 1.807) is 0 Å². The summed E-state index contributed by atoms with van der Waals surface area (Å²) in [5.74, 6) is 0.187. The molecule has 2 heterocycles. The summed E-state index contributed by atoms with van der Waals surface area (Å²) in [5.41, 5.74) is 1.07. The molecule has 1 aliphatic heterocycles. The fourth-order valence-electron chi connectivity index (χ4n) is 3.96. The molecule has 0 aromatic carbocycles. The molecule has 1 saturated heterocycles. The van der Waals surface area contributed by atoms with Gasteiger partial charge in [0, 0.05) is 57.9 Å². The highest BCUT2D eigenvalue weighted by atomic mass is 16.2. The highest BCUT2D eigenvalue weighted by molar-refractivity contribution is 5.76. The molecule has 1 aromatic rings. The van der Waals surface area contributed by atoms with E-state index in [2.05, 4.69) is 20.5 Å². The maximum absolute atomic E-state index is 12.4. The van der Waals surface area contributed by atoms with Crippen molar-refractivity contribution in [3.63, 3.8) is 0 Å². The highest BCUT2D eigenvalue weighted by Gasteiger charge is 2.21.